The Morgan fingerprint density at radius 1 is 1.29 bits per heavy atom. The number of aryl methyl sites for hydroxylation is 1. The fourth-order valence-corrected chi connectivity index (χ4v) is 3.74. The molecule has 0 spiro atoms. The van der Waals surface area contributed by atoms with E-state index in [1.807, 2.05) is 25.5 Å². The van der Waals surface area contributed by atoms with Crippen molar-refractivity contribution in [2.45, 2.75) is 18.7 Å². The minimum absolute atomic E-state index is 0.281. The minimum Gasteiger partial charge on any atom is -0.318 e. The van der Waals surface area contributed by atoms with Gasteiger partial charge in [-0.25, -0.2) is 12.7 Å². The van der Waals surface area contributed by atoms with Gasteiger partial charge in [-0.05, 0) is 32.0 Å². The third-order valence-electron chi connectivity index (χ3n) is 2.89. The molecular formula is C13H18N4O2S2. The van der Waals surface area contributed by atoms with Crippen molar-refractivity contribution in [1.29, 1.82) is 0 Å². The third kappa shape index (κ3) is 3.07. The van der Waals surface area contributed by atoms with Crippen molar-refractivity contribution in [2.24, 2.45) is 17.3 Å². The second-order valence-corrected chi connectivity index (χ2v) is 8.17. The summed E-state index contributed by atoms with van der Waals surface area (Å²) in [5.41, 5.74) is 1.80. The number of hydrogen-bond acceptors (Lipinski definition) is 5. The molecule has 0 atom stereocenters. The Balaban J connectivity index is 2.67. The summed E-state index contributed by atoms with van der Waals surface area (Å²) in [5.74, 6) is 0. The van der Waals surface area contributed by atoms with Gasteiger partial charge in [0.05, 0.1) is 15.1 Å². The first-order valence-electron chi connectivity index (χ1n) is 6.30. The van der Waals surface area contributed by atoms with E-state index in [0.29, 0.717) is 0 Å². The maximum absolute atomic E-state index is 12.2. The quantitative estimate of drug-likeness (QED) is 0.637. The van der Waals surface area contributed by atoms with E-state index in [4.69, 9.17) is 0 Å². The van der Waals surface area contributed by atoms with Gasteiger partial charge in [0, 0.05) is 26.9 Å². The Kier molecular flexibility index (Phi) is 4.31. The molecular weight excluding hydrogens is 308 g/mol. The Morgan fingerprint density at radius 2 is 1.95 bits per heavy atom. The third-order valence-corrected chi connectivity index (χ3v) is 5.79. The van der Waals surface area contributed by atoms with Crippen LogP contribution in [0.4, 0.5) is 0 Å². The van der Waals surface area contributed by atoms with Crippen LogP contribution in [-0.4, -0.2) is 37.1 Å². The van der Waals surface area contributed by atoms with Gasteiger partial charge in [-0.1, -0.05) is 11.3 Å². The summed E-state index contributed by atoms with van der Waals surface area (Å²) >= 11 is 1.41. The van der Waals surface area contributed by atoms with Crippen molar-refractivity contribution in [3.05, 3.63) is 23.0 Å². The van der Waals surface area contributed by atoms with Crippen LogP contribution in [-0.2, 0) is 17.1 Å². The second kappa shape index (κ2) is 5.70. The van der Waals surface area contributed by atoms with Crippen molar-refractivity contribution >= 4 is 37.3 Å². The average Bonchev–Trinajstić information content (AvgIpc) is 2.72. The molecule has 0 aliphatic heterocycles. The number of sulfonamides is 1. The van der Waals surface area contributed by atoms with Gasteiger partial charge in [0.15, 0.2) is 0 Å². The normalized spacial score (nSPS) is 13.1. The number of rotatable bonds is 3. The smallest absolute Gasteiger partial charge is 0.242 e. The summed E-state index contributed by atoms with van der Waals surface area (Å²) < 4.78 is 28.3. The van der Waals surface area contributed by atoms with Crippen LogP contribution in [0.2, 0.25) is 0 Å². The highest BCUT2D eigenvalue weighted by Gasteiger charge is 2.18. The molecule has 2 rings (SSSR count). The molecule has 0 aliphatic rings. The molecule has 0 amide bonds. The van der Waals surface area contributed by atoms with Crippen LogP contribution in [0, 0.1) is 0 Å². The highest BCUT2D eigenvalue weighted by Crippen LogP contribution is 2.22. The Bertz CT molecular complexity index is 869. The van der Waals surface area contributed by atoms with Crippen LogP contribution in [0.5, 0.6) is 0 Å². The Labute approximate surface area is 128 Å². The molecule has 2 aromatic rings. The van der Waals surface area contributed by atoms with Crippen LogP contribution in [0.3, 0.4) is 0 Å². The number of aromatic nitrogens is 1. The zero-order valence-electron chi connectivity index (χ0n) is 12.7. The van der Waals surface area contributed by atoms with Crippen LogP contribution >= 0.6 is 11.3 Å². The highest BCUT2D eigenvalue weighted by molar-refractivity contribution is 7.89. The molecule has 6 nitrogen and oxygen atoms in total. The van der Waals surface area contributed by atoms with Gasteiger partial charge in [-0.15, -0.1) is 5.10 Å². The SMILES string of the molecule is CC(C)=N/N=c1/sc2cc(S(=O)(=O)N(C)C)ccc2n1C. The molecule has 0 unspecified atom stereocenters. The van der Waals surface area contributed by atoms with Gasteiger partial charge >= 0.3 is 0 Å². The molecule has 114 valence electrons. The Morgan fingerprint density at radius 3 is 2.52 bits per heavy atom. The van der Waals surface area contributed by atoms with E-state index in [0.717, 1.165) is 20.7 Å². The number of thiazole rings is 1. The molecule has 8 heteroatoms. The standard InChI is InChI=1S/C13H18N4O2S2/c1-9(2)14-15-13-17(5)11-7-6-10(8-12(11)20-13)21(18,19)16(3)4/h6-8H,1-5H3/b15-13+. The van der Waals surface area contributed by atoms with Crippen LogP contribution in [0.15, 0.2) is 33.3 Å². The van der Waals surface area contributed by atoms with Crippen LogP contribution in [0.25, 0.3) is 10.2 Å². The van der Waals surface area contributed by atoms with Gasteiger partial charge in [-0.3, -0.25) is 0 Å². The van der Waals surface area contributed by atoms with E-state index in [2.05, 4.69) is 10.2 Å². The molecule has 21 heavy (non-hydrogen) atoms. The molecule has 0 fully saturated rings. The molecule has 0 bridgehead atoms. The second-order valence-electron chi connectivity index (χ2n) is 5.01. The number of nitrogens with zero attached hydrogens (tertiary/aromatic N) is 4. The molecule has 0 N–H and O–H groups in total. The van der Waals surface area contributed by atoms with Gasteiger partial charge in [-0.2, -0.15) is 5.10 Å². The first kappa shape index (κ1) is 15.9. The molecule has 1 heterocycles. The molecule has 1 aromatic carbocycles. The molecule has 0 saturated heterocycles. The fraction of sp³-hybridized carbons (Fsp3) is 0.385. The summed E-state index contributed by atoms with van der Waals surface area (Å²) in [6.45, 7) is 3.75. The first-order valence-corrected chi connectivity index (χ1v) is 8.56. The van der Waals surface area contributed by atoms with E-state index >= 15 is 0 Å². The first-order chi connectivity index (χ1) is 9.73. The molecule has 1 aromatic heterocycles. The van der Waals surface area contributed by atoms with Gasteiger partial charge in [0.25, 0.3) is 0 Å². The van der Waals surface area contributed by atoms with Crippen LogP contribution < -0.4 is 4.80 Å². The fourth-order valence-electron chi connectivity index (χ4n) is 1.72. The lowest BCUT2D eigenvalue weighted by molar-refractivity contribution is 0.521. The number of hydrogen-bond donors (Lipinski definition) is 0. The van der Waals surface area contributed by atoms with E-state index in [9.17, 15) is 8.42 Å². The summed E-state index contributed by atoms with van der Waals surface area (Å²) in [6.07, 6.45) is 0. The summed E-state index contributed by atoms with van der Waals surface area (Å²) in [7, 11) is 1.50. The maximum atomic E-state index is 12.2. The number of benzene rings is 1. The largest absolute Gasteiger partial charge is 0.318 e. The Hall–Kier alpha value is -1.51. The van der Waals surface area contributed by atoms with Crippen molar-refractivity contribution < 1.29 is 8.42 Å². The minimum atomic E-state index is -3.43. The van der Waals surface area contributed by atoms with Gasteiger partial charge in [0.1, 0.15) is 0 Å². The molecule has 0 aliphatic carbocycles. The van der Waals surface area contributed by atoms with Crippen molar-refractivity contribution in [1.82, 2.24) is 8.87 Å². The van der Waals surface area contributed by atoms with E-state index in [1.165, 1.54) is 29.7 Å². The lowest BCUT2D eigenvalue weighted by Gasteiger charge is -2.11. The lowest BCUT2D eigenvalue weighted by Crippen LogP contribution is -2.22. The predicted molar refractivity (Wildman–Crippen MR) is 86.0 cm³/mol. The van der Waals surface area contributed by atoms with Gasteiger partial charge < -0.3 is 4.57 Å². The predicted octanol–water partition coefficient (Wildman–Crippen LogP) is 1.79. The molecule has 0 saturated carbocycles. The van der Waals surface area contributed by atoms with Gasteiger partial charge in [0.2, 0.25) is 14.8 Å². The number of fused-ring (bicyclic) bond motifs is 1. The maximum Gasteiger partial charge on any atom is 0.242 e. The van der Waals surface area contributed by atoms with E-state index < -0.39 is 10.0 Å². The molecule has 0 radical (unpaired) electrons. The van der Waals surface area contributed by atoms with E-state index in [1.54, 1.807) is 18.2 Å². The zero-order chi connectivity index (χ0) is 15.8. The van der Waals surface area contributed by atoms with E-state index in [-0.39, 0.29) is 4.90 Å². The monoisotopic (exact) mass is 326 g/mol. The summed E-state index contributed by atoms with van der Waals surface area (Å²) in [6, 6.07) is 5.09. The van der Waals surface area contributed by atoms with Crippen molar-refractivity contribution in [3.8, 4) is 0 Å². The van der Waals surface area contributed by atoms with Crippen LogP contribution in [0.1, 0.15) is 13.8 Å². The summed E-state index contributed by atoms with van der Waals surface area (Å²) in [4.78, 5) is 1.01. The zero-order valence-corrected chi connectivity index (χ0v) is 14.3. The van der Waals surface area contributed by atoms with Crippen molar-refractivity contribution in [2.75, 3.05) is 14.1 Å². The lowest BCUT2D eigenvalue weighted by atomic mass is 10.3. The highest BCUT2D eigenvalue weighted by atomic mass is 32.2. The topological polar surface area (TPSA) is 67.0 Å². The van der Waals surface area contributed by atoms with Crippen molar-refractivity contribution in [3.63, 3.8) is 0 Å². The average molecular weight is 326 g/mol. The summed E-state index contributed by atoms with van der Waals surface area (Å²) in [5, 5.41) is 8.23.